The summed E-state index contributed by atoms with van der Waals surface area (Å²) in [5.74, 6) is 1.38. The summed E-state index contributed by atoms with van der Waals surface area (Å²) >= 11 is 0. The Morgan fingerprint density at radius 1 is 1.50 bits per heavy atom. The standard InChI is InChI=1S/C14H17N5O/c1-9-5-12(9)7-15-14(20)11-3-4-13(10(2)6-11)19-8-16-17-18-19/h3-4,6,8-9,12H,5,7H2,1-2H3,(H,15,20)/t9-,12+/m1/s1. The van der Waals surface area contributed by atoms with E-state index in [1.54, 1.807) is 10.7 Å². The summed E-state index contributed by atoms with van der Waals surface area (Å²) in [5, 5.41) is 14.1. The first-order valence-corrected chi connectivity index (χ1v) is 6.77. The minimum absolute atomic E-state index is 0.0181. The maximum Gasteiger partial charge on any atom is 0.251 e. The lowest BCUT2D eigenvalue weighted by Gasteiger charge is -2.08. The van der Waals surface area contributed by atoms with Gasteiger partial charge in [0.2, 0.25) is 0 Å². The highest BCUT2D eigenvalue weighted by atomic mass is 16.1. The van der Waals surface area contributed by atoms with E-state index in [1.165, 1.54) is 12.7 Å². The van der Waals surface area contributed by atoms with Crippen LogP contribution in [0.1, 0.15) is 29.3 Å². The molecule has 1 N–H and O–H groups in total. The van der Waals surface area contributed by atoms with Crippen molar-refractivity contribution in [2.24, 2.45) is 11.8 Å². The molecule has 2 atom stereocenters. The fraction of sp³-hybridized carbons (Fsp3) is 0.429. The smallest absolute Gasteiger partial charge is 0.251 e. The topological polar surface area (TPSA) is 72.7 Å². The van der Waals surface area contributed by atoms with E-state index in [9.17, 15) is 4.79 Å². The molecule has 0 radical (unpaired) electrons. The summed E-state index contributed by atoms with van der Waals surface area (Å²) in [4.78, 5) is 12.1. The van der Waals surface area contributed by atoms with Gasteiger partial charge in [-0.3, -0.25) is 4.79 Å². The van der Waals surface area contributed by atoms with Gasteiger partial charge in [0, 0.05) is 12.1 Å². The van der Waals surface area contributed by atoms with Gasteiger partial charge < -0.3 is 5.32 Å². The molecule has 104 valence electrons. The van der Waals surface area contributed by atoms with Crippen LogP contribution in [0.5, 0.6) is 0 Å². The number of carbonyl (C=O) groups excluding carboxylic acids is 1. The fourth-order valence-electron chi connectivity index (χ4n) is 2.33. The quantitative estimate of drug-likeness (QED) is 0.911. The molecule has 1 aromatic carbocycles. The minimum atomic E-state index is -0.0181. The van der Waals surface area contributed by atoms with Crippen molar-refractivity contribution in [1.29, 1.82) is 0 Å². The number of aromatic nitrogens is 4. The largest absolute Gasteiger partial charge is 0.352 e. The molecular formula is C14H17N5O. The lowest BCUT2D eigenvalue weighted by atomic mass is 10.1. The van der Waals surface area contributed by atoms with Crippen molar-refractivity contribution in [3.8, 4) is 5.69 Å². The van der Waals surface area contributed by atoms with Gasteiger partial charge in [-0.1, -0.05) is 6.92 Å². The van der Waals surface area contributed by atoms with E-state index in [-0.39, 0.29) is 5.91 Å². The molecule has 1 saturated carbocycles. The average molecular weight is 271 g/mol. The van der Waals surface area contributed by atoms with Crippen molar-refractivity contribution in [2.45, 2.75) is 20.3 Å². The minimum Gasteiger partial charge on any atom is -0.352 e. The molecule has 1 amide bonds. The van der Waals surface area contributed by atoms with Crippen LogP contribution in [0.15, 0.2) is 24.5 Å². The summed E-state index contributed by atoms with van der Waals surface area (Å²) in [7, 11) is 0. The Balaban J connectivity index is 1.71. The van der Waals surface area contributed by atoms with Gasteiger partial charge in [0.15, 0.2) is 0 Å². The number of aryl methyl sites for hydroxylation is 1. The second-order valence-corrected chi connectivity index (χ2v) is 5.44. The number of tetrazole rings is 1. The summed E-state index contributed by atoms with van der Waals surface area (Å²) in [6.07, 6.45) is 2.76. The highest BCUT2D eigenvalue weighted by molar-refractivity contribution is 5.94. The van der Waals surface area contributed by atoms with Gasteiger partial charge in [-0.25, -0.2) is 4.68 Å². The highest BCUT2D eigenvalue weighted by Crippen LogP contribution is 2.36. The number of amides is 1. The van der Waals surface area contributed by atoms with E-state index >= 15 is 0 Å². The third-order valence-corrected chi connectivity index (χ3v) is 3.86. The first-order valence-electron chi connectivity index (χ1n) is 6.77. The van der Waals surface area contributed by atoms with Crippen LogP contribution in [0.2, 0.25) is 0 Å². The fourth-order valence-corrected chi connectivity index (χ4v) is 2.33. The van der Waals surface area contributed by atoms with Gasteiger partial charge in [-0.05, 0) is 59.4 Å². The molecule has 6 nitrogen and oxygen atoms in total. The van der Waals surface area contributed by atoms with Crippen LogP contribution in [-0.2, 0) is 0 Å². The van der Waals surface area contributed by atoms with E-state index in [0.29, 0.717) is 11.5 Å². The van der Waals surface area contributed by atoms with E-state index in [1.807, 2.05) is 19.1 Å². The summed E-state index contributed by atoms with van der Waals surface area (Å²) in [6, 6.07) is 5.53. The first kappa shape index (κ1) is 12.8. The van der Waals surface area contributed by atoms with Crippen molar-refractivity contribution < 1.29 is 4.79 Å². The third kappa shape index (κ3) is 2.54. The average Bonchev–Trinajstić information content (AvgIpc) is 2.92. The molecule has 0 bridgehead atoms. The molecule has 0 spiro atoms. The summed E-state index contributed by atoms with van der Waals surface area (Å²) < 4.78 is 1.59. The SMILES string of the molecule is Cc1cc(C(=O)NC[C@@H]2C[C@H]2C)ccc1-n1cnnn1. The molecule has 1 fully saturated rings. The van der Waals surface area contributed by atoms with Crippen LogP contribution >= 0.6 is 0 Å². The Kier molecular flexibility index (Phi) is 3.22. The Bertz CT molecular complexity index is 622. The molecule has 1 heterocycles. The lowest BCUT2D eigenvalue weighted by Crippen LogP contribution is -2.26. The van der Waals surface area contributed by atoms with E-state index in [2.05, 4.69) is 27.8 Å². The van der Waals surface area contributed by atoms with Gasteiger partial charge >= 0.3 is 0 Å². The number of rotatable bonds is 4. The number of benzene rings is 1. The molecule has 20 heavy (non-hydrogen) atoms. The summed E-state index contributed by atoms with van der Waals surface area (Å²) in [6.45, 7) is 4.92. The van der Waals surface area contributed by atoms with E-state index in [4.69, 9.17) is 0 Å². The molecule has 6 heteroatoms. The van der Waals surface area contributed by atoms with Crippen LogP contribution in [0.3, 0.4) is 0 Å². The summed E-state index contributed by atoms with van der Waals surface area (Å²) in [5.41, 5.74) is 2.51. The molecule has 2 aromatic rings. The van der Waals surface area contributed by atoms with Crippen molar-refractivity contribution >= 4 is 5.91 Å². The molecular weight excluding hydrogens is 254 g/mol. The maximum atomic E-state index is 12.1. The second kappa shape index (κ2) is 5.03. The zero-order valence-electron chi connectivity index (χ0n) is 11.6. The molecule has 1 aromatic heterocycles. The Morgan fingerprint density at radius 2 is 2.30 bits per heavy atom. The molecule has 3 rings (SSSR count). The van der Waals surface area contributed by atoms with Crippen LogP contribution in [0.25, 0.3) is 5.69 Å². The zero-order chi connectivity index (χ0) is 14.1. The maximum absolute atomic E-state index is 12.1. The predicted octanol–water partition coefficient (Wildman–Crippen LogP) is 1.36. The normalized spacial score (nSPS) is 20.7. The van der Waals surface area contributed by atoms with Crippen molar-refractivity contribution in [3.63, 3.8) is 0 Å². The molecule has 0 aliphatic heterocycles. The van der Waals surface area contributed by atoms with Crippen LogP contribution in [0.4, 0.5) is 0 Å². The zero-order valence-corrected chi connectivity index (χ0v) is 11.6. The Morgan fingerprint density at radius 3 is 2.90 bits per heavy atom. The second-order valence-electron chi connectivity index (χ2n) is 5.44. The van der Waals surface area contributed by atoms with Gasteiger partial charge in [0.05, 0.1) is 5.69 Å². The lowest BCUT2D eigenvalue weighted by molar-refractivity contribution is 0.0951. The molecule has 0 saturated heterocycles. The first-order chi connectivity index (χ1) is 9.65. The van der Waals surface area contributed by atoms with Gasteiger partial charge in [0.25, 0.3) is 5.91 Å². The molecule has 0 unspecified atom stereocenters. The molecule has 1 aliphatic rings. The number of nitrogens with one attached hydrogen (secondary N) is 1. The predicted molar refractivity (Wildman–Crippen MR) is 73.5 cm³/mol. The third-order valence-electron chi connectivity index (χ3n) is 3.86. The van der Waals surface area contributed by atoms with Gasteiger partial charge in [0.1, 0.15) is 6.33 Å². The van der Waals surface area contributed by atoms with Gasteiger partial charge in [-0.15, -0.1) is 5.10 Å². The Labute approximate surface area is 117 Å². The number of hydrogen-bond donors (Lipinski definition) is 1. The molecule has 1 aliphatic carbocycles. The number of hydrogen-bond acceptors (Lipinski definition) is 4. The Hall–Kier alpha value is -2.24. The van der Waals surface area contributed by atoms with Crippen molar-refractivity contribution in [3.05, 3.63) is 35.7 Å². The van der Waals surface area contributed by atoms with Crippen LogP contribution < -0.4 is 5.32 Å². The van der Waals surface area contributed by atoms with Crippen molar-refractivity contribution in [1.82, 2.24) is 25.5 Å². The monoisotopic (exact) mass is 271 g/mol. The van der Waals surface area contributed by atoms with Gasteiger partial charge in [-0.2, -0.15) is 0 Å². The van der Waals surface area contributed by atoms with E-state index < -0.39 is 0 Å². The highest BCUT2D eigenvalue weighted by Gasteiger charge is 2.32. The van der Waals surface area contributed by atoms with E-state index in [0.717, 1.165) is 23.7 Å². The van der Waals surface area contributed by atoms with Crippen LogP contribution in [0, 0.1) is 18.8 Å². The number of nitrogens with zero attached hydrogens (tertiary/aromatic N) is 4. The van der Waals surface area contributed by atoms with Crippen LogP contribution in [-0.4, -0.2) is 32.7 Å². The van der Waals surface area contributed by atoms with Crippen molar-refractivity contribution in [2.75, 3.05) is 6.54 Å². The number of carbonyl (C=O) groups is 1.